The Morgan fingerprint density at radius 2 is 1.75 bits per heavy atom. The van der Waals surface area contributed by atoms with Crippen LogP contribution in [0.1, 0.15) is 59.3 Å². The van der Waals surface area contributed by atoms with Crippen LogP contribution in [0.5, 0.6) is 0 Å². The lowest BCUT2D eigenvalue weighted by molar-refractivity contribution is -0.145. The van der Waals surface area contributed by atoms with E-state index in [0.717, 1.165) is 25.7 Å². The van der Waals surface area contributed by atoms with Crippen LogP contribution in [0.15, 0.2) is 0 Å². The number of carbonyl (C=O) groups is 2. The second-order valence-corrected chi connectivity index (χ2v) is 6.97. The van der Waals surface area contributed by atoms with Crippen LogP contribution in [0.3, 0.4) is 0 Å². The molecule has 1 aliphatic rings. The molecule has 0 saturated heterocycles. The van der Waals surface area contributed by atoms with E-state index >= 15 is 0 Å². The maximum absolute atomic E-state index is 12.2. The molecular formula is C15H28N2O3. The first kappa shape index (κ1) is 17.0. The minimum Gasteiger partial charge on any atom is -0.480 e. The molecule has 0 aromatic heterocycles. The lowest BCUT2D eigenvalue weighted by atomic mass is 9.79. The number of amides is 1. The van der Waals surface area contributed by atoms with Crippen molar-refractivity contribution in [3.05, 3.63) is 0 Å². The van der Waals surface area contributed by atoms with Crippen molar-refractivity contribution in [3.8, 4) is 0 Å². The van der Waals surface area contributed by atoms with Crippen LogP contribution >= 0.6 is 0 Å². The van der Waals surface area contributed by atoms with Gasteiger partial charge in [-0.3, -0.25) is 4.79 Å². The topological polar surface area (TPSA) is 78.4 Å². The lowest BCUT2D eigenvalue weighted by Crippen LogP contribution is -2.53. The van der Waals surface area contributed by atoms with Crippen LogP contribution in [-0.2, 0) is 9.59 Å². The zero-order chi connectivity index (χ0) is 15.4. The molecule has 1 fully saturated rings. The van der Waals surface area contributed by atoms with Gasteiger partial charge in [0, 0.05) is 12.0 Å². The number of carbonyl (C=O) groups excluding carboxylic acids is 1. The number of aliphatic carboxylic acids is 1. The number of carboxylic acid groups (broad SMARTS) is 1. The molecule has 0 radical (unpaired) electrons. The van der Waals surface area contributed by atoms with Gasteiger partial charge in [0.05, 0.1) is 0 Å². The molecular weight excluding hydrogens is 256 g/mol. The average Bonchev–Trinajstić information content (AvgIpc) is 2.35. The van der Waals surface area contributed by atoms with Crippen molar-refractivity contribution in [1.82, 2.24) is 10.6 Å². The molecule has 0 spiro atoms. The zero-order valence-electron chi connectivity index (χ0n) is 13.1. The van der Waals surface area contributed by atoms with E-state index in [4.69, 9.17) is 0 Å². The fraction of sp³-hybridized carbons (Fsp3) is 0.867. The minimum atomic E-state index is -0.979. The zero-order valence-corrected chi connectivity index (χ0v) is 13.1. The fourth-order valence-corrected chi connectivity index (χ4v) is 2.91. The normalized spacial score (nSPS) is 20.2. The molecule has 0 unspecified atom stereocenters. The maximum atomic E-state index is 12.2. The average molecular weight is 284 g/mol. The van der Waals surface area contributed by atoms with Crippen LogP contribution in [0.4, 0.5) is 0 Å². The summed E-state index contributed by atoms with van der Waals surface area (Å²) in [5.74, 6) is -1.16. The number of carboxylic acids is 1. The molecule has 1 amide bonds. The highest BCUT2D eigenvalue weighted by Crippen LogP contribution is 2.31. The van der Waals surface area contributed by atoms with E-state index in [-0.39, 0.29) is 11.4 Å². The number of rotatable bonds is 5. The molecule has 5 nitrogen and oxygen atoms in total. The Labute approximate surface area is 121 Å². The van der Waals surface area contributed by atoms with E-state index in [9.17, 15) is 14.7 Å². The molecule has 116 valence electrons. The van der Waals surface area contributed by atoms with E-state index in [1.165, 1.54) is 6.42 Å². The predicted octanol–water partition coefficient (Wildman–Crippen LogP) is 1.91. The molecule has 3 N–H and O–H groups in total. The Kier molecular flexibility index (Phi) is 5.57. The first-order valence-corrected chi connectivity index (χ1v) is 7.41. The van der Waals surface area contributed by atoms with Gasteiger partial charge < -0.3 is 15.7 Å². The molecule has 1 aliphatic carbocycles. The van der Waals surface area contributed by atoms with Crippen LogP contribution in [0.25, 0.3) is 0 Å². The van der Waals surface area contributed by atoms with Gasteiger partial charge >= 0.3 is 5.97 Å². The van der Waals surface area contributed by atoms with E-state index < -0.39 is 17.4 Å². The lowest BCUT2D eigenvalue weighted by Gasteiger charge is -2.37. The summed E-state index contributed by atoms with van der Waals surface area (Å²) in [5, 5.41) is 15.2. The summed E-state index contributed by atoms with van der Waals surface area (Å²) < 4.78 is 0. The first-order valence-electron chi connectivity index (χ1n) is 7.41. The Morgan fingerprint density at radius 1 is 1.20 bits per heavy atom. The maximum Gasteiger partial charge on any atom is 0.326 e. The Balaban J connectivity index is 2.67. The van der Waals surface area contributed by atoms with Gasteiger partial charge in [0.1, 0.15) is 6.04 Å². The van der Waals surface area contributed by atoms with Crippen LogP contribution < -0.4 is 10.6 Å². The van der Waals surface area contributed by atoms with Gasteiger partial charge in [-0.25, -0.2) is 4.79 Å². The third-order valence-corrected chi connectivity index (χ3v) is 4.26. The monoisotopic (exact) mass is 284 g/mol. The molecule has 0 aromatic carbocycles. The highest BCUT2D eigenvalue weighted by molar-refractivity contribution is 5.84. The number of nitrogens with one attached hydrogen (secondary N) is 2. The third kappa shape index (κ3) is 4.47. The number of hydrogen-bond acceptors (Lipinski definition) is 3. The van der Waals surface area contributed by atoms with E-state index in [1.807, 2.05) is 27.8 Å². The van der Waals surface area contributed by atoms with Crippen molar-refractivity contribution in [1.29, 1.82) is 0 Å². The predicted molar refractivity (Wildman–Crippen MR) is 78.5 cm³/mol. The fourth-order valence-electron chi connectivity index (χ4n) is 2.91. The molecule has 5 heteroatoms. The molecule has 0 bridgehead atoms. The van der Waals surface area contributed by atoms with Crippen molar-refractivity contribution in [2.45, 2.75) is 70.9 Å². The Bertz CT molecular complexity index is 355. The summed E-state index contributed by atoms with van der Waals surface area (Å²) in [7, 11) is 1.89. The summed E-state index contributed by atoms with van der Waals surface area (Å²) in [6.07, 6.45) is 5.76. The summed E-state index contributed by atoms with van der Waals surface area (Å²) >= 11 is 0. The van der Waals surface area contributed by atoms with Crippen molar-refractivity contribution in [2.75, 3.05) is 7.05 Å². The van der Waals surface area contributed by atoms with Crippen molar-refractivity contribution >= 4 is 11.9 Å². The van der Waals surface area contributed by atoms with Gasteiger partial charge in [-0.1, -0.05) is 40.0 Å². The summed E-state index contributed by atoms with van der Waals surface area (Å²) in [6, 6.07) is -0.854. The van der Waals surface area contributed by atoms with Crippen molar-refractivity contribution < 1.29 is 14.7 Å². The molecule has 0 aromatic rings. The van der Waals surface area contributed by atoms with E-state index in [1.54, 1.807) is 0 Å². The van der Waals surface area contributed by atoms with Gasteiger partial charge in [0.2, 0.25) is 5.91 Å². The van der Waals surface area contributed by atoms with Gasteiger partial charge in [0.15, 0.2) is 0 Å². The molecule has 0 heterocycles. The van der Waals surface area contributed by atoms with Crippen molar-refractivity contribution in [2.24, 2.45) is 5.41 Å². The molecule has 0 aliphatic heterocycles. The van der Waals surface area contributed by atoms with Gasteiger partial charge in [-0.15, -0.1) is 0 Å². The van der Waals surface area contributed by atoms with E-state index in [0.29, 0.717) is 6.42 Å². The third-order valence-electron chi connectivity index (χ3n) is 4.26. The summed E-state index contributed by atoms with van der Waals surface area (Å²) in [4.78, 5) is 23.5. The smallest absolute Gasteiger partial charge is 0.326 e. The van der Waals surface area contributed by atoms with Gasteiger partial charge in [-0.2, -0.15) is 0 Å². The second kappa shape index (κ2) is 6.57. The highest BCUT2D eigenvalue weighted by atomic mass is 16.4. The summed E-state index contributed by atoms with van der Waals surface area (Å²) in [5.41, 5.74) is -0.663. The van der Waals surface area contributed by atoms with Crippen LogP contribution in [0, 0.1) is 5.41 Å². The molecule has 1 saturated carbocycles. The molecule has 1 rings (SSSR count). The Hall–Kier alpha value is -1.10. The van der Waals surface area contributed by atoms with E-state index in [2.05, 4.69) is 10.6 Å². The molecule has 20 heavy (non-hydrogen) atoms. The quantitative estimate of drug-likeness (QED) is 0.720. The minimum absolute atomic E-state index is 0.163. The van der Waals surface area contributed by atoms with Gasteiger partial charge in [-0.05, 0) is 25.3 Å². The molecule has 1 atom stereocenters. The van der Waals surface area contributed by atoms with Crippen LogP contribution in [-0.4, -0.2) is 35.6 Å². The van der Waals surface area contributed by atoms with Crippen molar-refractivity contribution in [3.63, 3.8) is 0 Å². The Morgan fingerprint density at radius 3 is 2.15 bits per heavy atom. The number of hydrogen-bond donors (Lipinski definition) is 3. The highest BCUT2D eigenvalue weighted by Gasteiger charge is 2.36. The SMILES string of the molecule is CNC1(CC(=O)N[C@@H](C(=O)O)C(C)(C)C)CCCCC1. The van der Waals surface area contributed by atoms with Gasteiger partial charge in [0.25, 0.3) is 0 Å². The van der Waals surface area contributed by atoms with Crippen LogP contribution in [0.2, 0.25) is 0 Å². The summed E-state index contributed by atoms with van der Waals surface area (Å²) in [6.45, 7) is 5.46. The second-order valence-electron chi connectivity index (χ2n) is 6.97. The first-order chi connectivity index (χ1) is 9.20. The largest absolute Gasteiger partial charge is 0.480 e. The standard InChI is InChI=1S/C15H28N2O3/c1-14(2,3)12(13(19)20)17-11(18)10-15(16-4)8-6-5-7-9-15/h12,16H,5-10H2,1-4H3,(H,17,18)(H,19,20)/t12-/m0/s1.